The first-order chi connectivity index (χ1) is 25.3. The van der Waals surface area contributed by atoms with Gasteiger partial charge in [0.25, 0.3) is 0 Å². The minimum absolute atomic E-state index is 0.0935. The lowest BCUT2D eigenvalue weighted by Crippen LogP contribution is -2.43. The number of rotatable bonds is 15. The van der Waals surface area contributed by atoms with Crippen molar-refractivity contribution in [2.24, 2.45) is 0 Å². The minimum atomic E-state index is -1.19. The number of esters is 1. The molecule has 14 nitrogen and oxygen atoms in total. The Morgan fingerprint density at radius 3 is 2.06 bits per heavy atom. The van der Waals surface area contributed by atoms with E-state index in [0.29, 0.717) is 22.9 Å². The van der Waals surface area contributed by atoms with Crippen molar-refractivity contribution in [1.82, 2.24) is 24.3 Å². The predicted molar refractivity (Wildman–Crippen MR) is 187 cm³/mol. The smallest absolute Gasteiger partial charge is 0.351 e. The van der Waals surface area contributed by atoms with Gasteiger partial charge in [0.2, 0.25) is 0 Å². The Morgan fingerprint density at radius 1 is 0.865 bits per heavy atom. The summed E-state index contributed by atoms with van der Waals surface area (Å²) in [5.74, 6) is 1.12. The number of aromatic nitrogens is 5. The van der Waals surface area contributed by atoms with Crippen LogP contribution in [-0.2, 0) is 34.1 Å². The lowest BCUT2D eigenvalue weighted by molar-refractivity contribution is -0.158. The topological polar surface area (TPSA) is 147 Å². The van der Waals surface area contributed by atoms with Crippen LogP contribution < -0.4 is 15.2 Å². The largest absolute Gasteiger partial charge is 0.497 e. The van der Waals surface area contributed by atoms with Gasteiger partial charge in [-0.15, -0.1) is 0 Å². The number of hydrogen-bond donors (Lipinski definition) is 0. The number of nitrogens with zero attached hydrogens (tertiary/aromatic N) is 5. The van der Waals surface area contributed by atoms with Crippen molar-refractivity contribution in [1.29, 1.82) is 0 Å². The molecule has 0 N–H and O–H groups in total. The lowest BCUT2D eigenvalue weighted by Gasteiger charge is -2.37. The van der Waals surface area contributed by atoms with Gasteiger partial charge in [-0.25, -0.2) is 14.5 Å². The quantitative estimate of drug-likeness (QED) is 0.0878. The van der Waals surface area contributed by atoms with Gasteiger partial charge in [0.15, 0.2) is 18.1 Å². The molecule has 1 fully saturated rings. The van der Waals surface area contributed by atoms with Crippen molar-refractivity contribution < 1.29 is 38.0 Å². The average Bonchev–Trinajstić information content (AvgIpc) is 3.82. The van der Waals surface area contributed by atoms with Gasteiger partial charge in [0.05, 0.1) is 34.0 Å². The normalized spacial score (nSPS) is 18.6. The molecule has 4 atom stereocenters. The SMILES string of the molecule is COCCO[C@@H]1[C@H](OC(C)=O)[C@@H](COC(c2ccccc2)(c2ccc(OC)cc2)c2ccc(OC)cc2)O[C@H]1n1cc(C)c(-n2cncn2)nc1=O. The van der Waals surface area contributed by atoms with Crippen LogP contribution in [0.25, 0.3) is 5.82 Å². The number of carbonyl (C=O) groups is 1. The lowest BCUT2D eigenvalue weighted by atomic mass is 9.80. The second-order valence-corrected chi connectivity index (χ2v) is 12.1. The van der Waals surface area contributed by atoms with E-state index in [0.717, 1.165) is 16.7 Å². The van der Waals surface area contributed by atoms with Crippen LogP contribution in [-0.4, -0.2) is 89.7 Å². The van der Waals surface area contributed by atoms with E-state index in [1.807, 2.05) is 78.9 Å². The van der Waals surface area contributed by atoms with Gasteiger partial charge >= 0.3 is 11.7 Å². The molecule has 1 aliphatic rings. The van der Waals surface area contributed by atoms with Crippen molar-refractivity contribution >= 4 is 5.97 Å². The Labute approximate surface area is 300 Å². The van der Waals surface area contributed by atoms with E-state index < -0.39 is 41.8 Å². The Bertz CT molecular complexity index is 1920. The summed E-state index contributed by atoms with van der Waals surface area (Å²) >= 11 is 0. The summed E-state index contributed by atoms with van der Waals surface area (Å²) in [7, 11) is 4.77. The fourth-order valence-electron chi connectivity index (χ4n) is 6.42. The first-order valence-electron chi connectivity index (χ1n) is 16.7. The van der Waals surface area contributed by atoms with E-state index in [-0.39, 0.29) is 19.8 Å². The third-order valence-electron chi connectivity index (χ3n) is 8.84. The van der Waals surface area contributed by atoms with E-state index in [1.54, 1.807) is 34.4 Å². The van der Waals surface area contributed by atoms with Gasteiger partial charge < -0.3 is 33.2 Å². The van der Waals surface area contributed by atoms with Crippen molar-refractivity contribution in [3.63, 3.8) is 0 Å². The molecule has 0 unspecified atom stereocenters. The van der Waals surface area contributed by atoms with Crippen LogP contribution in [0.2, 0.25) is 0 Å². The highest BCUT2D eigenvalue weighted by Crippen LogP contribution is 2.43. The molecule has 0 bridgehead atoms. The molecule has 0 radical (unpaired) electrons. The molecule has 3 heterocycles. The Kier molecular flexibility index (Phi) is 11.4. The maximum atomic E-state index is 13.6. The van der Waals surface area contributed by atoms with Crippen molar-refractivity contribution in [3.05, 3.63) is 130 Å². The minimum Gasteiger partial charge on any atom is -0.497 e. The highest BCUT2D eigenvalue weighted by Gasteiger charge is 2.51. The summed E-state index contributed by atoms with van der Waals surface area (Å²) in [6, 6.07) is 25.0. The molecule has 6 rings (SSSR count). The first kappa shape index (κ1) is 36.4. The summed E-state index contributed by atoms with van der Waals surface area (Å²) in [5.41, 5.74) is 1.24. The van der Waals surface area contributed by atoms with E-state index in [9.17, 15) is 9.59 Å². The summed E-state index contributed by atoms with van der Waals surface area (Å²) < 4.78 is 44.9. The molecule has 0 amide bonds. The summed E-state index contributed by atoms with van der Waals surface area (Å²) in [6.45, 7) is 3.39. The van der Waals surface area contributed by atoms with Gasteiger partial charge in [-0.2, -0.15) is 10.1 Å². The van der Waals surface area contributed by atoms with E-state index in [4.69, 9.17) is 33.2 Å². The fourth-order valence-corrected chi connectivity index (χ4v) is 6.42. The van der Waals surface area contributed by atoms with Gasteiger partial charge in [-0.1, -0.05) is 54.6 Å². The maximum Gasteiger partial charge on any atom is 0.351 e. The molecular weight excluding hydrogens is 670 g/mol. The molecule has 0 aliphatic carbocycles. The van der Waals surface area contributed by atoms with Crippen molar-refractivity contribution in [3.8, 4) is 17.3 Å². The van der Waals surface area contributed by atoms with Crippen LogP contribution >= 0.6 is 0 Å². The molecule has 272 valence electrons. The number of benzene rings is 3. The van der Waals surface area contributed by atoms with Gasteiger partial charge in [-0.05, 0) is 47.9 Å². The molecule has 1 aliphatic heterocycles. The van der Waals surface area contributed by atoms with Gasteiger partial charge in [0, 0.05) is 25.8 Å². The number of carbonyl (C=O) groups excluding carboxylic acids is 1. The molecule has 14 heteroatoms. The molecule has 3 aromatic carbocycles. The second-order valence-electron chi connectivity index (χ2n) is 12.1. The molecule has 2 aromatic heterocycles. The number of ether oxygens (including phenoxy) is 7. The van der Waals surface area contributed by atoms with Gasteiger partial charge in [0.1, 0.15) is 42.0 Å². The van der Waals surface area contributed by atoms with Crippen LogP contribution in [0.1, 0.15) is 35.4 Å². The number of aryl methyl sites for hydroxylation is 1. The molecule has 52 heavy (non-hydrogen) atoms. The highest BCUT2D eigenvalue weighted by molar-refractivity contribution is 5.66. The zero-order chi connectivity index (χ0) is 36.7. The second kappa shape index (κ2) is 16.3. The zero-order valence-corrected chi connectivity index (χ0v) is 29.6. The van der Waals surface area contributed by atoms with Crippen LogP contribution in [0, 0.1) is 6.92 Å². The van der Waals surface area contributed by atoms with E-state index in [2.05, 4.69) is 15.1 Å². The molecule has 5 aromatic rings. The average molecular weight is 712 g/mol. The first-order valence-corrected chi connectivity index (χ1v) is 16.7. The number of hydrogen-bond acceptors (Lipinski definition) is 12. The van der Waals surface area contributed by atoms with Crippen LogP contribution in [0.3, 0.4) is 0 Å². The Morgan fingerprint density at radius 2 is 1.50 bits per heavy atom. The van der Waals surface area contributed by atoms with Crippen molar-refractivity contribution in [2.45, 2.75) is 44.0 Å². The molecule has 1 saturated heterocycles. The predicted octanol–water partition coefficient (Wildman–Crippen LogP) is 4.02. The fraction of sp³-hybridized carbons (Fsp3) is 0.342. The molecule has 0 spiro atoms. The highest BCUT2D eigenvalue weighted by atomic mass is 16.6. The van der Waals surface area contributed by atoms with Crippen LogP contribution in [0.5, 0.6) is 11.5 Å². The zero-order valence-electron chi connectivity index (χ0n) is 29.6. The van der Waals surface area contributed by atoms with Gasteiger partial charge in [-0.3, -0.25) is 9.36 Å². The summed E-state index contributed by atoms with van der Waals surface area (Å²) in [5, 5.41) is 4.12. The standard InChI is InChI=1S/C38H41N5O9/c1-25-21-42(37(45)41-35(25)43-24-39-23-40-43)36-34(49-20-19-46-3)33(51-26(2)44)32(52-36)22-50-38(27-9-7-6-8-10-27,28-11-15-30(47-4)16-12-28)29-13-17-31(48-5)18-14-29/h6-18,21,23-24,32-34,36H,19-20,22H2,1-5H3/t32-,33-,34-,36-/m1/s1. The third kappa shape index (κ3) is 7.46. The summed E-state index contributed by atoms with van der Waals surface area (Å²) in [4.78, 5) is 34.5. The Balaban J connectivity index is 1.44. The molecule has 0 saturated carbocycles. The summed E-state index contributed by atoms with van der Waals surface area (Å²) in [6.07, 6.45) is 0.555. The van der Waals surface area contributed by atoms with Crippen LogP contribution in [0.4, 0.5) is 0 Å². The van der Waals surface area contributed by atoms with E-state index >= 15 is 0 Å². The van der Waals surface area contributed by atoms with E-state index in [1.165, 1.54) is 28.8 Å². The van der Waals surface area contributed by atoms with Crippen molar-refractivity contribution in [2.75, 3.05) is 41.2 Å². The van der Waals surface area contributed by atoms with Crippen LogP contribution in [0.15, 0.2) is 103 Å². The Hall–Kier alpha value is -5.41. The molecular formula is C38H41N5O9. The maximum absolute atomic E-state index is 13.6. The number of methoxy groups -OCH3 is 3. The monoisotopic (exact) mass is 711 g/mol. The third-order valence-corrected chi connectivity index (χ3v) is 8.84.